The van der Waals surface area contributed by atoms with Gasteiger partial charge in [-0.05, 0) is 42.5 Å². The summed E-state index contributed by atoms with van der Waals surface area (Å²) < 4.78 is 0. The summed E-state index contributed by atoms with van der Waals surface area (Å²) >= 11 is 11.8. The fourth-order valence-electron chi connectivity index (χ4n) is 2.05. The first kappa shape index (κ1) is 13.9. The van der Waals surface area contributed by atoms with Gasteiger partial charge < -0.3 is 5.32 Å². The van der Waals surface area contributed by atoms with Crippen molar-refractivity contribution in [1.82, 2.24) is 4.98 Å². The molecular formula is C16H10Cl2N2O. The van der Waals surface area contributed by atoms with Crippen LogP contribution in [-0.2, 0) is 0 Å². The lowest BCUT2D eigenvalue weighted by Crippen LogP contribution is -2.12. The summed E-state index contributed by atoms with van der Waals surface area (Å²) in [6.07, 6.45) is 1.63. The molecule has 0 unspecified atom stereocenters. The first-order valence-corrected chi connectivity index (χ1v) is 7.00. The number of aromatic nitrogens is 1. The van der Waals surface area contributed by atoms with Gasteiger partial charge in [0.25, 0.3) is 5.91 Å². The van der Waals surface area contributed by atoms with Crippen molar-refractivity contribution in [3.63, 3.8) is 0 Å². The molecule has 0 aliphatic heterocycles. The van der Waals surface area contributed by atoms with Gasteiger partial charge >= 0.3 is 0 Å². The summed E-state index contributed by atoms with van der Waals surface area (Å²) in [6, 6.07) is 13.9. The van der Waals surface area contributed by atoms with Crippen LogP contribution in [0.5, 0.6) is 0 Å². The van der Waals surface area contributed by atoms with Crippen molar-refractivity contribution < 1.29 is 4.79 Å². The number of nitrogens with zero attached hydrogens (tertiary/aromatic N) is 1. The van der Waals surface area contributed by atoms with Crippen LogP contribution in [0.4, 0.5) is 5.69 Å². The molecule has 2 aromatic carbocycles. The minimum absolute atomic E-state index is 0.222. The molecule has 1 aromatic heterocycles. The number of hydrogen-bond donors (Lipinski definition) is 1. The lowest BCUT2D eigenvalue weighted by molar-refractivity contribution is 0.102. The number of anilines is 1. The van der Waals surface area contributed by atoms with E-state index < -0.39 is 0 Å². The van der Waals surface area contributed by atoms with E-state index in [-0.39, 0.29) is 5.91 Å². The number of carbonyl (C=O) groups excluding carboxylic acids is 1. The highest BCUT2D eigenvalue weighted by atomic mass is 35.5. The van der Waals surface area contributed by atoms with Crippen LogP contribution in [0.15, 0.2) is 54.7 Å². The Hall–Kier alpha value is -2.10. The molecule has 21 heavy (non-hydrogen) atoms. The molecule has 1 N–H and O–H groups in total. The predicted octanol–water partition coefficient (Wildman–Crippen LogP) is 4.79. The lowest BCUT2D eigenvalue weighted by Gasteiger charge is -2.08. The van der Waals surface area contributed by atoms with E-state index in [0.29, 0.717) is 21.3 Å². The first-order chi connectivity index (χ1) is 10.1. The Balaban J connectivity index is 1.96. The van der Waals surface area contributed by atoms with Crippen LogP contribution >= 0.6 is 23.2 Å². The van der Waals surface area contributed by atoms with E-state index in [9.17, 15) is 4.79 Å². The van der Waals surface area contributed by atoms with Gasteiger partial charge in [-0.1, -0.05) is 29.3 Å². The summed E-state index contributed by atoms with van der Waals surface area (Å²) in [7, 11) is 0. The molecule has 104 valence electrons. The molecule has 0 aliphatic carbocycles. The quantitative estimate of drug-likeness (QED) is 0.738. The van der Waals surface area contributed by atoms with Crippen LogP contribution in [0.1, 0.15) is 10.4 Å². The molecule has 0 radical (unpaired) electrons. The van der Waals surface area contributed by atoms with Crippen molar-refractivity contribution in [3.8, 4) is 0 Å². The highest BCUT2D eigenvalue weighted by Crippen LogP contribution is 2.25. The summed E-state index contributed by atoms with van der Waals surface area (Å²) in [6.45, 7) is 0. The predicted molar refractivity (Wildman–Crippen MR) is 86.2 cm³/mol. The summed E-state index contributed by atoms with van der Waals surface area (Å²) in [5.41, 5.74) is 1.91. The smallest absolute Gasteiger partial charge is 0.255 e. The van der Waals surface area contributed by atoms with Crippen LogP contribution in [0.2, 0.25) is 10.0 Å². The Morgan fingerprint density at radius 2 is 1.81 bits per heavy atom. The molecule has 0 bridgehead atoms. The zero-order valence-electron chi connectivity index (χ0n) is 10.8. The average Bonchev–Trinajstić information content (AvgIpc) is 2.47. The number of carbonyl (C=O) groups is 1. The number of hydrogen-bond acceptors (Lipinski definition) is 2. The third kappa shape index (κ3) is 2.99. The van der Waals surface area contributed by atoms with Crippen molar-refractivity contribution in [1.29, 1.82) is 0 Å². The molecule has 0 saturated carbocycles. The van der Waals surface area contributed by atoms with Gasteiger partial charge in [0.05, 0.1) is 11.2 Å². The summed E-state index contributed by atoms with van der Waals surface area (Å²) in [4.78, 5) is 16.5. The Labute approximate surface area is 131 Å². The number of nitrogens with one attached hydrogen (secondary N) is 1. The maximum atomic E-state index is 12.3. The second-order valence-electron chi connectivity index (χ2n) is 4.48. The van der Waals surface area contributed by atoms with Crippen LogP contribution < -0.4 is 5.32 Å². The largest absolute Gasteiger partial charge is 0.321 e. The molecule has 3 rings (SSSR count). The highest BCUT2D eigenvalue weighted by Gasteiger charge is 2.09. The minimum Gasteiger partial charge on any atom is -0.321 e. The van der Waals surface area contributed by atoms with Crippen LogP contribution in [-0.4, -0.2) is 10.9 Å². The van der Waals surface area contributed by atoms with Gasteiger partial charge in [-0.3, -0.25) is 9.78 Å². The van der Waals surface area contributed by atoms with Crippen molar-refractivity contribution in [2.75, 3.05) is 5.32 Å². The molecule has 0 fully saturated rings. The molecule has 5 heteroatoms. The van der Waals surface area contributed by atoms with Crippen molar-refractivity contribution in [3.05, 3.63) is 70.3 Å². The SMILES string of the molecule is O=C(Nc1ccnc2cc(Cl)ccc12)c1cccc(Cl)c1. The first-order valence-electron chi connectivity index (χ1n) is 6.25. The van der Waals surface area contributed by atoms with Crippen molar-refractivity contribution in [2.45, 2.75) is 0 Å². The van der Waals surface area contributed by atoms with Crippen LogP contribution in [0, 0.1) is 0 Å². The van der Waals surface area contributed by atoms with Gasteiger partial charge in [0.2, 0.25) is 0 Å². The van der Waals surface area contributed by atoms with Gasteiger partial charge in [-0.25, -0.2) is 0 Å². The van der Waals surface area contributed by atoms with Gasteiger partial charge in [0.15, 0.2) is 0 Å². The summed E-state index contributed by atoms with van der Waals surface area (Å²) in [5.74, 6) is -0.222. The van der Waals surface area contributed by atoms with Gasteiger partial charge in [-0.2, -0.15) is 0 Å². The monoisotopic (exact) mass is 316 g/mol. The van der Waals surface area contributed by atoms with E-state index in [1.807, 2.05) is 6.07 Å². The topological polar surface area (TPSA) is 42.0 Å². The Kier molecular flexibility index (Phi) is 3.78. The number of amides is 1. The second-order valence-corrected chi connectivity index (χ2v) is 5.36. The van der Waals surface area contributed by atoms with Gasteiger partial charge in [0.1, 0.15) is 0 Å². The fourth-order valence-corrected chi connectivity index (χ4v) is 2.41. The van der Waals surface area contributed by atoms with Crippen molar-refractivity contribution >= 4 is 45.7 Å². The number of fused-ring (bicyclic) bond motifs is 1. The third-order valence-electron chi connectivity index (χ3n) is 3.04. The van der Waals surface area contributed by atoms with E-state index in [4.69, 9.17) is 23.2 Å². The van der Waals surface area contributed by atoms with Gasteiger partial charge in [0, 0.05) is 27.2 Å². The van der Waals surface area contributed by atoms with Crippen LogP contribution in [0.25, 0.3) is 10.9 Å². The van der Waals surface area contributed by atoms with E-state index in [2.05, 4.69) is 10.3 Å². The van der Waals surface area contributed by atoms with E-state index in [1.165, 1.54) is 0 Å². The lowest BCUT2D eigenvalue weighted by atomic mass is 10.1. The van der Waals surface area contributed by atoms with E-state index >= 15 is 0 Å². The number of rotatable bonds is 2. The second kappa shape index (κ2) is 5.72. The normalized spacial score (nSPS) is 10.6. The molecule has 0 spiro atoms. The average molecular weight is 317 g/mol. The summed E-state index contributed by atoms with van der Waals surface area (Å²) in [5, 5.41) is 4.83. The third-order valence-corrected chi connectivity index (χ3v) is 3.51. The zero-order chi connectivity index (χ0) is 14.8. The number of halogens is 2. The zero-order valence-corrected chi connectivity index (χ0v) is 12.3. The van der Waals surface area contributed by atoms with E-state index in [0.717, 1.165) is 10.9 Å². The molecular weight excluding hydrogens is 307 g/mol. The van der Waals surface area contributed by atoms with Gasteiger partial charge in [-0.15, -0.1) is 0 Å². The molecule has 3 nitrogen and oxygen atoms in total. The number of benzene rings is 2. The van der Waals surface area contributed by atoms with E-state index in [1.54, 1.807) is 48.7 Å². The molecule has 0 atom stereocenters. The van der Waals surface area contributed by atoms with Crippen LogP contribution in [0.3, 0.4) is 0 Å². The molecule has 1 heterocycles. The fraction of sp³-hybridized carbons (Fsp3) is 0. The molecule has 1 amide bonds. The maximum Gasteiger partial charge on any atom is 0.255 e. The highest BCUT2D eigenvalue weighted by molar-refractivity contribution is 6.31. The maximum absolute atomic E-state index is 12.3. The Morgan fingerprint density at radius 3 is 2.62 bits per heavy atom. The number of pyridine rings is 1. The standard InChI is InChI=1S/C16H10Cl2N2O/c17-11-3-1-2-10(8-11)16(21)20-14-6-7-19-15-9-12(18)4-5-13(14)15/h1-9H,(H,19,20,21). The Bertz CT molecular complexity index is 833. The Morgan fingerprint density at radius 1 is 1.00 bits per heavy atom. The molecule has 0 saturated heterocycles. The molecule has 3 aromatic rings. The molecule has 0 aliphatic rings. The minimum atomic E-state index is -0.222. The van der Waals surface area contributed by atoms with Crippen molar-refractivity contribution in [2.24, 2.45) is 0 Å².